The number of carbonyl (C=O) groups excluding carboxylic acids is 5. The van der Waals surface area contributed by atoms with E-state index in [9.17, 15) is 34.5 Å². The molecule has 8 saturated carbocycles. The first kappa shape index (κ1) is 43.3. The Balaban J connectivity index is 1.18. The number of hydrogen-bond donors (Lipinski definition) is 3. The van der Waals surface area contributed by atoms with Gasteiger partial charge in [-0.2, -0.15) is 0 Å². The summed E-state index contributed by atoms with van der Waals surface area (Å²) in [5.41, 5.74) is -12.7. The van der Waals surface area contributed by atoms with Crippen LogP contribution in [-0.2, 0) is 47.7 Å². The maximum atomic E-state index is 15.0. The van der Waals surface area contributed by atoms with Crippen LogP contribution in [0.25, 0.3) is 0 Å². The minimum absolute atomic E-state index is 0.0219. The molecule has 0 radical (unpaired) electrons. The van der Waals surface area contributed by atoms with Gasteiger partial charge in [0.25, 0.3) is 0 Å². The molecule has 0 aromatic carbocycles. The highest BCUT2D eigenvalue weighted by Gasteiger charge is 2.69. The van der Waals surface area contributed by atoms with E-state index in [4.69, 9.17) is 23.7 Å². The van der Waals surface area contributed by atoms with E-state index in [1.165, 1.54) is 0 Å². The molecule has 13 nitrogen and oxygen atoms in total. The first-order valence-electron chi connectivity index (χ1n) is 21.6. The Morgan fingerprint density at radius 3 is 1.64 bits per heavy atom. The third kappa shape index (κ3) is 7.82. The van der Waals surface area contributed by atoms with Crippen LogP contribution in [0.3, 0.4) is 0 Å². The lowest BCUT2D eigenvalue weighted by molar-refractivity contribution is -0.265. The highest BCUT2D eigenvalue weighted by Crippen LogP contribution is 2.66. The van der Waals surface area contributed by atoms with Crippen LogP contribution in [0, 0.1) is 33.5 Å². The lowest BCUT2D eigenvalue weighted by Gasteiger charge is -2.63. The molecule has 0 aromatic rings. The van der Waals surface area contributed by atoms with Gasteiger partial charge in [-0.05, 0) is 138 Å². The summed E-state index contributed by atoms with van der Waals surface area (Å²) in [4.78, 5) is 69.9. The van der Waals surface area contributed by atoms with Gasteiger partial charge in [-0.15, -0.1) is 0 Å². The second-order valence-corrected chi connectivity index (χ2v) is 23.5. The van der Waals surface area contributed by atoms with Gasteiger partial charge < -0.3 is 39.0 Å². The predicted octanol–water partition coefficient (Wildman–Crippen LogP) is 5.93. The molecule has 13 heteroatoms. The van der Waals surface area contributed by atoms with Gasteiger partial charge in [0.1, 0.15) is 22.4 Å². The third-order valence-corrected chi connectivity index (χ3v) is 15.1. The van der Waals surface area contributed by atoms with Gasteiger partial charge in [0, 0.05) is 32.1 Å². The minimum Gasteiger partial charge on any atom is -0.460 e. The first-order valence-corrected chi connectivity index (χ1v) is 21.6. The fourth-order valence-corrected chi connectivity index (χ4v) is 13.8. The van der Waals surface area contributed by atoms with Crippen molar-refractivity contribution in [1.82, 2.24) is 0 Å². The first-order chi connectivity index (χ1) is 26.3. The van der Waals surface area contributed by atoms with Crippen LogP contribution in [0.5, 0.6) is 0 Å². The fraction of sp³-hybridized carbons (Fsp3) is 0.889. The maximum absolute atomic E-state index is 15.0. The molecule has 8 aliphatic carbocycles. The van der Waals surface area contributed by atoms with E-state index in [2.05, 4.69) is 0 Å². The number of hydrogen-bond acceptors (Lipinski definition) is 13. The van der Waals surface area contributed by atoms with Gasteiger partial charge in [-0.1, -0.05) is 6.92 Å². The van der Waals surface area contributed by atoms with Crippen LogP contribution in [0.4, 0.5) is 0 Å². The zero-order valence-corrected chi connectivity index (χ0v) is 36.5. The summed E-state index contributed by atoms with van der Waals surface area (Å²) in [6.45, 7) is 17.4. The van der Waals surface area contributed by atoms with Crippen LogP contribution in [0.15, 0.2) is 0 Å². The van der Waals surface area contributed by atoms with Crippen molar-refractivity contribution in [3.05, 3.63) is 0 Å². The molecule has 1 heterocycles. The van der Waals surface area contributed by atoms with Crippen molar-refractivity contribution < 1.29 is 63.0 Å². The van der Waals surface area contributed by atoms with Gasteiger partial charge in [0.2, 0.25) is 0 Å². The molecule has 9 aliphatic rings. The topological polar surface area (TPSA) is 192 Å². The summed E-state index contributed by atoms with van der Waals surface area (Å²) in [7, 11) is 0. The zero-order valence-electron chi connectivity index (χ0n) is 36.5. The summed E-state index contributed by atoms with van der Waals surface area (Å²) in [5.74, 6) is -2.79. The average molecular weight is 817 g/mol. The quantitative estimate of drug-likeness (QED) is 0.155. The van der Waals surface area contributed by atoms with Gasteiger partial charge in [-0.3, -0.25) is 24.0 Å². The molecule has 0 aromatic heterocycles. The molecular formula is C45H68O13. The Labute approximate surface area is 343 Å². The molecule has 3 N–H and O–H groups in total. The highest BCUT2D eigenvalue weighted by molar-refractivity contribution is 5.84. The maximum Gasteiger partial charge on any atom is 0.312 e. The molecule has 1 saturated heterocycles. The van der Waals surface area contributed by atoms with Crippen molar-refractivity contribution in [1.29, 1.82) is 0 Å². The van der Waals surface area contributed by atoms with Crippen molar-refractivity contribution in [2.45, 2.75) is 217 Å². The molecule has 0 spiro atoms. The second-order valence-electron chi connectivity index (χ2n) is 23.5. The van der Waals surface area contributed by atoms with Crippen molar-refractivity contribution in [3.8, 4) is 0 Å². The van der Waals surface area contributed by atoms with E-state index >= 15 is 4.79 Å². The number of cyclic esters (lactones) is 1. The molecule has 1 aliphatic heterocycles. The van der Waals surface area contributed by atoms with Crippen molar-refractivity contribution in [2.24, 2.45) is 33.5 Å². The van der Waals surface area contributed by atoms with Crippen LogP contribution in [0.1, 0.15) is 172 Å². The lowest BCUT2D eigenvalue weighted by atomic mass is 9.46. The van der Waals surface area contributed by atoms with Crippen molar-refractivity contribution in [2.75, 3.05) is 0 Å². The Bertz CT molecular complexity index is 1740. The Morgan fingerprint density at radius 2 is 1.17 bits per heavy atom. The fourth-order valence-electron chi connectivity index (χ4n) is 13.8. The van der Waals surface area contributed by atoms with Crippen molar-refractivity contribution in [3.63, 3.8) is 0 Å². The number of esters is 5. The molecule has 9 unspecified atom stereocenters. The highest BCUT2D eigenvalue weighted by atomic mass is 16.6. The van der Waals surface area contributed by atoms with E-state index in [0.29, 0.717) is 38.5 Å². The summed E-state index contributed by atoms with van der Waals surface area (Å²) in [6.07, 6.45) is 3.52. The third-order valence-electron chi connectivity index (χ3n) is 15.1. The zero-order chi connectivity index (χ0) is 43.0. The lowest BCUT2D eigenvalue weighted by Crippen LogP contribution is -2.67. The summed E-state index contributed by atoms with van der Waals surface area (Å²) >= 11 is 0. The van der Waals surface area contributed by atoms with Gasteiger partial charge in [0.05, 0.1) is 44.9 Å². The van der Waals surface area contributed by atoms with Gasteiger partial charge in [-0.25, -0.2) is 0 Å². The molecule has 326 valence electrons. The monoisotopic (exact) mass is 816 g/mol. The van der Waals surface area contributed by atoms with Gasteiger partial charge in [0.15, 0.2) is 6.10 Å². The van der Waals surface area contributed by atoms with E-state index in [-0.39, 0.29) is 82.0 Å². The van der Waals surface area contributed by atoms with Crippen LogP contribution >= 0.6 is 0 Å². The number of carbonyl (C=O) groups is 5. The predicted molar refractivity (Wildman–Crippen MR) is 207 cm³/mol. The molecular weight excluding hydrogens is 748 g/mol. The van der Waals surface area contributed by atoms with E-state index in [1.54, 1.807) is 41.5 Å². The van der Waals surface area contributed by atoms with Crippen LogP contribution < -0.4 is 0 Å². The summed E-state index contributed by atoms with van der Waals surface area (Å²) < 4.78 is 30.4. The number of ether oxygens (including phenoxy) is 5. The molecule has 9 rings (SSSR count). The van der Waals surface area contributed by atoms with E-state index in [0.717, 1.165) is 0 Å². The number of aliphatic hydroxyl groups is 3. The van der Waals surface area contributed by atoms with E-state index in [1.807, 2.05) is 27.7 Å². The largest absolute Gasteiger partial charge is 0.460 e. The Kier molecular flexibility index (Phi) is 9.80. The molecule has 9 fully saturated rings. The summed E-state index contributed by atoms with van der Waals surface area (Å²) in [5, 5.41) is 34.9. The normalized spacial score (nSPS) is 41.6. The van der Waals surface area contributed by atoms with Crippen molar-refractivity contribution >= 4 is 29.8 Å². The SMILES string of the molecule is CCC(C)(CC(C)(CC(C)(C)C(=O)OC1CC(=O)OC1(C)C)C(=O)OC12CC3CC(O)(CC(O)(C3)C1)C2)C(=O)OC12CC3CC(O)(C1)CC(C(=O)OC(C)(C)C)(C3)C2. The minimum atomic E-state index is -1.50. The molecule has 9 atom stereocenters. The second kappa shape index (κ2) is 13.1. The Morgan fingerprint density at radius 1 is 0.672 bits per heavy atom. The molecule has 0 amide bonds. The molecule has 8 bridgehead atoms. The van der Waals surface area contributed by atoms with Gasteiger partial charge >= 0.3 is 29.8 Å². The van der Waals surface area contributed by atoms with Crippen LogP contribution in [0.2, 0.25) is 0 Å². The van der Waals surface area contributed by atoms with E-state index < -0.39 is 90.8 Å². The Hall–Kier alpha value is -2.77. The molecule has 58 heavy (non-hydrogen) atoms. The number of rotatable bonds is 12. The standard InChI is InChI=1S/C45H68O13/c1-11-38(9,32(48)57-44-17-27-13-40(22-44,21-41(51,14-27)24-44)34(50)56-35(2,3)4)20-39(10,19-36(5,6)31(47)54-29-12-30(46)55-37(29,7)8)33(49)58-45-18-28-15-42(52,25-45)23-43(53,16-28)26-45/h27-29,51-53H,11-26H2,1-10H3. The summed E-state index contributed by atoms with van der Waals surface area (Å²) in [6, 6.07) is 0. The smallest absolute Gasteiger partial charge is 0.312 e. The average Bonchev–Trinajstić information content (AvgIpc) is 3.26. The van der Waals surface area contributed by atoms with Crippen LogP contribution in [-0.4, -0.2) is 90.5 Å².